The Morgan fingerprint density at radius 2 is 1.96 bits per heavy atom. The van der Waals surface area contributed by atoms with E-state index in [-0.39, 0.29) is 17.0 Å². The number of aromatic nitrogens is 2. The molecule has 1 saturated heterocycles. The second-order valence-corrected chi connectivity index (χ2v) is 8.68. The molecule has 7 heteroatoms. The van der Waals surface area contributed by atoms with Gasteiger partial charge in [0.15, 0.2) is 0 Å². The van der Waals surface area contributed by atoms with E-state index in [0.29, 0.717) is 0 Å². The highest BCUT2D eigenvalue weighted by Gasteiger charge is 2.25. The summed E-state index contributed by atoms with van der Waals surface area (Å²) in [4.78, 5) is 24.3. The Balaban J connectivity index is 1.61. The predicted octanol–water partition coefficient (Wildman–Crippen LogP) is 4.60. The third kappa shape index (κ3) is 3.46. The molecule has 4 nitrogen and oxygen atoms in total. The Labute approximate surface area is 159 Å². The molecule has 0 bridgehead atoms. The van der Waals surface area contributed by atoms with Crippen molar-refractivity contribution in [3.8, 4) is 10.4 Å². The maximum absolute atomic E-state index is 13.2. The van der Waals surface area contributed by atoms with Crippen molar-refractivity contribution in [1.29, 1.82) is 0 Å². The molecule has 1 fully saturated rings. The first kappa shape index (κ1) is 17.4. The lowest BCUT2D eigenvalue weighted by Crippen LogP contribution is -2.34. The monoisotopic (exact) mass is 387 g/mol. The van der Waals surface area contributed by atoms with E-state index in [2.05, 4.69) is 9.97 Å². The van der Waals surface area contributed by atoms with Crippen LogP contribution in [0.2, 0.25) is 0 Å². The van der Waals surface area contributed by atoms with Gasteiger partial charge in [0.05, 0.1) is 15.5 Å². The SMILES string of the molecule is CC(Sc1ncnc2cc(-c3ccc(F)cc3)sc12)C(=O)N1CCCC1. The standard InChI is InChI=1S/C19H18FN3OS2/c1-12(19(24)23-8-2-3-9-23)25-18-17-15(21-11-22-18)10-16(26-17)13-4-6-14(20)7-5-13/h4-7,10-12H,2-3,8-9H2,1H3. The fourth-order valence-corrected chi connectivity index (χ4v) is 5.26. The van der Waals surface area contributed by atoms with Crippen LogP contribution in [0.3, 0.4) is 0 Å². The number of rotatable bonds is 4. The van der Waals surface area contributed by atoms with Gasteiger partial charge in [0.2, 0.25) is 5.91 Å². The molecule has 3 heterocycles. The number of benzene rings is 1. The lowest BCUT2D eigenvalue weighted by atomic mass is 10.2. The van der Waals surface area contributed by atoms with E-state index in [0.717, 1.165) is 51.6 Å². The largest absolute Gasteiger partial charge is 0.342 e. The van der Waals surface area contributed by atoms with Crippen LogP contribution in [0, 0.1) is 5.82 Å². The summed E-state index contributed by atoms with van der Waals surface area (Å²) in [5.41, 5.74) is 1.80. The Hall–Kier alpha value is -1.99. The predicted molar refractivity (Wildman–Crippen MR) is 104 cm³/mol. The zero-order chi connectivity index (χ0) is 18.1. The van der Waals surface area contributed by atoms with E-state index >= 15 is 0 Å². The lowest BCUT2D eigenvalue weighted by molar-refractivity contribution is -0.129. The van der Waals surface area contributed by atoms with E-state index in [4.69, 9.17) is 0 Å². The summed E-state index contributed by atoms with van der Waals surface area (Å²) in [6.07, 6.45) is 3.72. The number of nitrogens with zero attached hydrogens (tertiary/aromatic N) is 3. The average molecular weight is 388 g/mol. The quantitative estimate of drug-likeness (QED) is 0.485. The highest BCUT2D eigenvalue weighted by Crippen LogP contribution is 2.38. The number of hydrogen-bond donors (Lipinski definition) is 0. The molecule has 4 rings (SSSR count). The normalized spacial score (nSPS) is 15.5. The number of thiophene rings is 1. The molecule has 1 aliphatic rings. The van der Waals surface area contributed by atoms with Gasteiger partial charge in [0.25, 0.3) is 0 Å². The number of carbonyl (C=O) groups is 1. The van der Waals surface area contributed by atoms with Crippen molar-refractivity contribution in [2.75, 3.05) is 13.1 Å². The van der Waals surface area contributed by atoms with Gasteiger partial charge in [-0.3, -0.25) is 4.79 Å². The molecule has 1 unspecified atom stereocenters. The van der Waals surface area contributed by atoms with Crippen LogP contribution in [0.15, 0.2) is 41.7 Å². The van der Waals surface area contributed by atoms with E-state index in [1.54, 1.807) is 29.8 Å². The summed E-state index contributed by atoms with van der Waals surface area (Å²) < 4.78 is 14.1. The molecule has 0 radical (unpaired) electrons. The summed E-state index contributed by atoms with van der Waals surface area (Å²) in [6, 6.07) is 8.43. The summed E-state index contributed by atoms with van der Waals surface area (Å²) in [5, 5.41) is 0.649. The second-order valence-electron chi connectivity index (χ2n) is 6.30. The molecule has 26 heavy (non-hydrogen) atoms. The van der Waals surface area contributed by atoms with Gasteiger partial charge < -0.3 is 4.90 Å². The average Bonchev–Trinajstić information content (AvgIpc) is 3.32. The van der Waals surface area contributed by atoms with Gasteiger partial charge in [-0.05, 0) is 43.5 Å². The molecule has 1 amide bonds. The topological polar surface area (TPSA) is 46.1 Å². The van der Waals surface area contributed by atoms with Crippen LogP contribution >= 0.6 is 23.1 Å². The fraction of sp³-hybridized carbons (Fsp3) is 0.316. The highest BCUT2D eigenvalue weighted by molar-refractivity contribution is 8.00. The minimum atomic E-state index is -0.250. The van der Waals surface area contributed by atoms with Crippen molar-refractivity contribution in [3.05, 3.63) is 42.5 Å². The number of fused-ring (bicyclic) bond motifs is 1. The van der Waals surface area contributed by atoms with Gasteiger partial charge in [0, 0.05) is 18.0 Å². The van der Waals surface area contributed by atoms with Crippen molar-refractivity contribution in [2.45, 2.75) is 30.0 Å². The van der Waals surface area contributed by atoms with Gasteiger partial charge >= 0.3 is 0 Å². The first-order valence-electron chi connectivity index (χ1n) is 8.58. The molecule has 1 atom stereocenters. The fourth-order valence-electron chi connectivity index (χ4n) is 3.09. The van der Waals surface area contributed by atoms with Crippen LogP contribution in [-0.2, 0) is 4.79 Å². The zero-order valence-corrected chi connectivity index (χ0v) is 15.9. The van der Waals surface area contributed by atoms with E-state index in [9.17, 15) is 9.18 Å². The molecule has 0 aliphatic carbocycles. The lowest BCUT2D eigenvalue weighted by Gasteiger charge is -2.19. The number of thioether (sulfide) groups is 1. The van der Waals surface area contributed by atoms with E-state index < -0.39 is 0 Å². The van der Waals surface area contributed by atoms with Gasteiger partial charge in [-0.1, -0.05) is 23.9 Å². The molecular weight excluding hydrogens is 369 g/mol. The van der Waals surface area contributed by atoms with Crippen molar-refractivity contribution >= 4 is 39.2 Å². The Kier molecular flexibility index (Phi) is 4.91. The number of amides is 1. The minimum Gasteiger partial charge on any atom is -0.342 e. The summed E-state index contributed by atoms with van der Waals surface area (Å²) in [5.74, 6) is -0.0743. The van der Waals surface area contributed by atoms with Crippen molar-refractivity contribution in [2.24, 2.45) is 0 Å². The smallest absolute Gasteiger partial charge is 0.235 e. The van der Waals surface area contributed by atoms with Crippen LogP contribution in [-0.4, -0.2) is 39.1 Å². The van der Waals surface area contributed by atoms with E-state index in [1.807, 2.05) is 17.9 Å². The number of carbonyl (C=O) groups excluding carboxylic acids is 1. The molecule has 2 aromatic heterocycles. The van der Waals surface area contributed by atoms with Crippen molar-refractivity contribution in [1.82, 2.24) is 14.9 Å². The van der Waals surface area contributed by atoms with E-state index in [1.165, 1.54) is 23.9 Å². The number of hydrogen-bond acceptors (Lipinski definition) is 5. The third-order valence-electron chi connectivity index (χ3n) is 4.46. The van der Waals surface area contributed by atoms with Crippen LogP contribution in [0.25, 0.3) is 20.7 Å². The minimum absolute atomic E-state index is 0.176. The molecule has 134 valence electrons. The molecule has 0 saturated carbocycles. The highest BCUT2D eigenvalue weighted by atomic mass is 32.2. The second kappa shape index (κ2) is 7.32. The Morgan fingerprint density at radius 3 is 2.69 bits per heavy atom. The van der Waals surface area contributed by atoms with Crippen molar-refractivity contribution in [3.63, 3.8) is 0 Å². The first-order chi connectivity index (χ1) is 12.6. The number of halogens is 1. The Morgan fingerprint density at radius 1 is 1.23 bits per heavy atom. The summed E-state index contributed by atoms with van der Waals surface area (Å²) in [6.45, 7) is 3.65. The van der Waals surface area contributed by atoms with Gasteiger partial charge in [-0.25, -0.2) is 14.4 Å². The molecule has 1 aromatic carbocycles. The molecule has 0 N–H and O–H groups in total. The molecule has 0 spiro atoms. The van der Waals surface area contributed by atoms with Gasteiger partial charge in [-0.2, -0.15) is 0 Å². The van der Waals surface area contributed by atoms with Gasteiger partial charge in [0.1, 0.15) is 17.2 Å². The van der Waals surface area contributed by atoms with Crippen LogP contribution < -0.4 is 0 Å². The van der Waals surface area contributed by atoms with Crippen molar-refractivity contribution < 1.29 is 9.18 Å². The summed E-state index contributed by atoms with van der Waals surface area (Å²) in [7, 11) is 0. The van der Waals surface area contributed by atoms with Crippen LogP contribution in [0.4, 0.5) is 4.39 Å². The maximum Gasteiger partial charge on any atom is 0.235 e. The zero-order valence-electron chi connectivity index (χ0n) is 14.3. The van der Waals surface area contributed by atoms with Gasteiger partial charge in [-0.15, -0.1) is 11.3 Å². The first-order valence-corrected chi connectivity index (χ1v) is 10.3. The molecule has 1 aliphatic heterocycles. The van der Waals surface area contributed by atoms with Crippen LogP contribution in [0.5, 0.6) is 0 Å². The Bertz CT molecular complexity index is 936. The molecular formula is C19H18FN3OS2. The maximum atomic E-state index is 13.2. The summed E-state index contributed by atoms with van der Waals surface area (Å²) >= 11 is 3.06. The van der Waals surface area contributed by atoms with Crippen LogP contribution in [0.1, 0.15) is 19.8 Å². The number of likely N-dealkylation sites (tertiary alicyclic amines) is 1. The third-order valence-corrected chi connectivity index (χ3v) is 6.86. The molecule has 3 aromatic rings.